The fourth-order valence-electron chi connectivity index (χ4n) is 1.27. The minimum absolute atomic E-state index is 0.110. The Bertz CT molecular complexity index is 510. The van der Waals surface area contributed by atoms with E-state index in [1.807, 2.05) is 17.8 Å². The maximum absolute atomic E-state index is 5.51. The van der Waals surface area contributed by atoms with E-state index in [4.69, 9.17) is 10.5 Å². The van der Waals surface area contributed by atoms with Gasteiger partial charge in [-0.2, -0.15) is 15.0 Å². The van der Waals surface area contributed by atoms with Crippen LogP contribution in [0, 0.1) is 0 Å². The smallest absolute Gasteiger partial charge is 0.322 e. The molecule has 0 aliphatic carbocycles. The van der Waals surface area contributed by atoms with E-state index >= 15 is 0 Å². The molecule has 0 saturated carbocycles. The van der Waals surface area contributed by atoms with Crippen LogP contribution in [0.25, 0.3) is 0 Å². The summed E-state index contributed by atoms with van der Waals surface area (Å²) in [5.41, 5.74) is 5.51. The lowest BCUT2D eigenvalue weighted by atomic mass is 10.6. The van der Waals surface area contributed by atoms with Crippen molar-refractivity contribution in [2.24, 2.45) is 7.05 Å². The molecule has 8 heteroatoms. The third-order valence-electron chi connectivity index (χ3n) is 2.14. The fraction of sp³-hybridized carbons (Fsp3) is 0.333. The molecular formula is C9H13N7O. The molecule has 17 heavy (non-hydrogen) atoms. The van der Waals surface area contributed by atoms with E-state index in [9.17, 15) is 0 Å². The summed E-state index contributed by atoms with van der Waals surface area (Å²) in [4.78, 5) is 15.9. The number of nitrogens with zero attached hydrogens (tertiary/aromatic N) is 5. The zero-order valence-electron chi connectivity index (χ0n) is 9.58. The van der Waals surface area contributed by atoms with E-state index in [0.29, 0.717) is 12.5 Å². The number of nitrogen functional groups attached to an aromatic ring is 1. The molecule has 8 nitrogen and oxygen atoms in total. The van der Waals surface area contributed by atoms with Gasteiger partial charge >= 0.3 is 6.01 Å². The largest absolute Gasteiger partial charge is 0.467 e. The number of hydrogen-bond acceptors (Lipinski definition) is 7. The van der Waals surface area contributed by atoms with Gasteiger partial charge < -0.3 is 20.4 Å². The van der Waals surface area contributed by atoms with Gasteiger partial charge in [0.05, 0.1) is 13.7 Å². The summed E-state index contributed by atoms with van der Waals surface area (Å²) < 4.78 is 6.79. The fourth-order valence-corrected chi connectivity index (χ4v) is 1.27. The highest BCUT2D eigenvalue weighted by Gasteiger charge is 2.05. The molecule has 2 rings (SSSR count). The Balaban J connectivity index is 2.09. The number of anilines is 2. The predicted molar refractivity (Wildman–Crippen MR) is 61.3 cm³/mol. The number of methoxy groups -OCH3 is 1. The maximum Gasteiger partial charge on any atom is 0.322 e. The Morgan fingerprint density at radius 1 is 1.41 bits per heavy atom. The molecule has 90 valence electrons. The highest BCUT2D eigenvalue weighted by Crippen LogP contribution is 2.08. The minimum Gasteiger partial charge on any atom is -0.467 e. The number of aryl methyl sites for hydroxylation is 1. The van der Waals surface area contributed by atoms with Crippen molar-refractivity contribution in [3.05, 3.63) is 18.2 Å². The quantitative estimate of drug-likeness (QED) is 0.756. The summed E-state index contributed by atoms with van der Waals surface area (Å²) >= 11 is 0. The van der Waals surface area contributed by atoms with E-state index in [2.05, 4.69) is 25.3 Å². The molecule has 0 aliphatic heterocycles. The lowest BCUT2D eigenvalue weighted by molar-refractivity contribution is 0.379. The molecule has 0 spiro atoms. The first-order chi connectivity index (χ1) is 8.19. The second kappa shape index (κ2) is 4.64. The monoisotopic (exact) mass is 235 g/mol. The van der Waals surface area contributed by atoms with Gasteiger partial charge in [0, 0.05) is 19.4 Å². The van der Waals surface area contributed by atoms with E-state index in [1.54, 1.807) is 6.20 Å². The maximum atomic E-state index is 5.51. The van der Waals surface area contributed by atoms with Crippen molar-refractivity contribution in [3.8, 4) is 6.01 Å². The molecule has 3 N–H and O–H groups in total. The van der Waals surface area contributed by atoms with Crippen LogP contribution in [0.5, 0.6) is 6.01 Å². The molecule has 0 bridgehead atoms. The number of hydrogen-bond donors (Lipinski definition) is 2. The van der Waals surface area contributed by atoms with Crippen LogP contribution in [0.3, 0.4) is 0 Å². The average molecular weight is 235 g/mol. The second-order valence-electron chi connectivity index (χ2n) is 3.31. The number of nitrogens with two attached hydrogens (primary N) is 1. The third-order valence-corrected chi connectivity index (χ3v) is 2.14. The number of ether oxygens (including phenoxy) is 1. The minimum atomic E-state index is 0.110. The van der Waals surface area contributed by atoms with Crippen molar-refractivity contribution in [1.82, 2.24) is 24.5 Å². The molecule has 2 heterocycles. The lowest BCUT2D eigenvalue weighted by Gasteiger charge is -2.06. The van der Waals surface area contributed by atoms with E-state index in [-0.39, 0.29) is 12.0 Å². The normalized spacial score (nSPS) is 10.2. The first kappa shape index (κ1) is 11.1. The Morgan fingerprint density at radius 2 is 2.24 bits per heavy atom. The highest BCUT2D eigenvalue weighted by molar-refractivity contribution is 5.32. The molecule has 0 radical (unpaired) electrons. The number of nitrogens with one attached hydrogen (secondary N) is 1. The molecule has 0 aliphatic rings. The van der Waals surface area contributed by atoms with Gasteiger partial charge in [-0.3, -0.25) is 0 Å². The van der Waals surface area contributed by atoms with Gasteiger partial charge in [0.25, 0.3) is 0 Å². The highest BCUT2D eigenvalue weighted by atomic mass is 16.5. The van der Waals surface area contributed by atoms with Crippen molar-refractivity contribution >= 4 is 11.9 Å². The Morgan fingerprint density at radius 3 is 2.88 bits per heavy atom. The van der Waals surface area contributed by atoms with Gasteiger partial charge in [0.15, 0.2) is 0 Å². The molecule has 0 atom stereocenters. The summed E-state index contributed by atoms with van der Waals surface area (Å²) in [5, 5.41) is 3.00. The summed E-state index contributed by atoms with van der Waals surface area (Å²) in [6.07, 6.45) is 3.58. The number of imidazole rings is 1. The van der Waals surface area contributed by atoms with Crippen molar-refractivity contribution in [1.29, 1.82) is 0 Å². The van der Waals surface area contributed by atoms with Crippen molar-refractivity contribution in [3.63, 3.8) is 0 Å². The summed E-state index contributed by atoms with van der Waals surface area (Å²) in [6.45, 7) is 0.496. The summed E-state index contributed by atoms with van der Waals surface area (Å²) in [5.74, 6) is 1.33. The number of aromatic nitrogens is 5. The Kier molecular flexibility index (Phi) is 3.03. The molecule has 0 amide bonds. The van der Waals surface area contributed by atoms with Crippen LogP contribution >= 0.6 is 0 Å². The van der Waals surface area contributed by atoms with Gasteiger partial charge in [-0.1, -0.05) is 0 Å². The number of rotatable bonds is 4. The first-order valence-corrected chi connectivity index (χ1v) is 4.94. The van der Waals surface area contributed by atoms with E-state index < -0.39 is 0 Å². The summed E-state index contributed by atoms with van der Waals surface area (Å²) in [6, 6.07) is 0.180. The van der Waals surface area contributed by atoms with Gasteiger partial charge in [-0.05, 0) is 0 Å². The zero-order valence-corrected chi connectivity index (χ0v) is 9.58. The van der Waals surface area contributed by atoms with Crippen LogP contribution in [-0.2, 0) is 13.6 Å². The van der Waals surface area contributed by atoms with E-state index in [1.165, 1.54) is 7.11 Å². The molecule has 0 saturated heterocycles. The molecule has 2 aromatic heterocycles. The van der Waals surface area contributed by atoms with Gasteiger partial charge in [-0.25, -0.2) is 4.98 Å². The van der Waals surface area contributed by atoms with Crippen molar-refractivity contribution < 1.29 is 4.74 Å². The zero-order chi connectivity index (χ0) is 12.3. The molecule has 0 unspecified atom stereocenters. The molecular weight excluding hydrogens is 222 g/mol. The third kappa shape index (κ3) is 2.60. The SMILES string of the molecule is COc1nc(N)nc(NCc2nccn2C)n1. The average Bonchev–Trinajstić information content (AvgIpc) is 2.71. The van der Waals surface area contributed by atoms with Crippen LogP contribution in [0.1, 0.15) is 5.82 Å². The van der Waals surface area contributed by atoms with Crippen molar-refractivity contribution in [2.75, 3.05) is 18.2 Å². The molecule has 0 fully saturated rings. The Labute approximate surface area is 97.9 Å². The van der Waals surface area contributed by atoms with Gasteiger partial charge in [0.1, 0.15) is 5.82 Å². The predicted octanol–water partition coefficient (Wildman–Crippen LogP) is -0.192. The van der Waals surface area contributed by atoms with Crippen LogP contribution < -0.4 is 15.8 Å². The second-order valence-corrected chi connectivity index (χ2v) is 3.31. The van der Waals surface area contributed by atoms with Gasteiger partial charge in [0.2, 0.25) is 11.9 Å². The van der Waals surface area contributed by atoms with E-state index in [0.717, 1.165) is 5.82 Å². The summed E-state index contributed by atoms with van der Waals surface area (Å²) in [7, 11) is 3.38. The molecule has 0 aromatic carbocycles. The standard InChI is InChI=1S/C9H13N7O/c1-16-4-3-11-6(16)5-12-8-13-7(10)14-9(15-8)17-2/h3-4H,5H2,1-2H3,(H3,10,12,13,14,15). The van der Waals surface area contributed by atoms with Crippen molar-refractivity contribution in [2.45, 2.75) is 6.54 Å². The van der Waals surface area contributed by atoms with Gasteiger partial charge in [-0.15, -0.1) is 0 Å². The lowest BCUT2D eigenvalue weighted by Crippen LogP contribution is -2.10. The van der Waals surface area contributed by atoms with Crippen LogP contribution in [0.4, 0.5) is 11.9 Å². The topological polar surface area (TPSA) is 104 Å². The van der Waals surface area contributed by atoms with Crippen LogP contribution in [0.15, 0.2) is 12.4 Å². The Hall–Kier alpha value is -2.38. The molecule has 2 aromatic rings. The van der Waals surface area contributed by atoms with Crippen LogP contribution in [-0.4, -0.2) is 31.6 Å². The van der Waals surface area contributed by atoms with Crippen LogP contribution in [0.2, 0.25) is 0 Å². The first-order valence-electron chi connectivity index (χ1n) is 4.94.